The highest BCUT2D eigenvalue weighted by molar-refractivity contribution is 9.09. The van der Waals surface area contributed by atoms with E-state index in [1.165, 1.54) is 38.5 Å². The second-order valence-electron chi connectivity index (χ2n) is 3.61. The van der Waals surface area contributed by atoms with E-state index in [-0.39, 0.29) is 0 Å². The summed E-state index contributed by atoms with van der Waals surface area (Å²) in [6.07, 6.45) is 9.92. The Bertz CT molecular complexity index is 190. The Morgan fingerprint density at radius 1 is 0.867 bits per heavy atom. The van der Waals surface area contributed by atoms with E-state index < -0.39 is 0 Å². The molecule has 0 saturated heterocycles. The molecule has 0 aromatic heterocycles. The van der Waals surface area contributed by atoms with Crippen molar-refractivity contribution in [3.05, 3.63) is 0 Å². The van der Waals surface area contributed by atoms with Gasteiger partial charge >= 0.3 is 0 Å². The van der Waals surface area contributed by atoms with Crippen LogP contribution in [0.25, 0.3) is 0 Å². The van der Waals surface area contributed by atoms with Crippen LogP contribution in [0.3, 0.4) is 0 Å². The summed E-state index contributed by atoms with van der Waals surface area (Å²) < 4.78 is 0. The van der Waals surface area contributed by atoms with Crippen LogP contribution in [0.15, 0.2) is 4.99 Å². The van der Waals surface area contributed by atoms with E-state index in [1.54, 1.807) is 0 Å². The molecule has 1 nitrogen and oxygen atoms in total. The highest BCUT2D eigenvalue weighted by Crippen LogP contribution is 2.07. The molecule has 0 heterocycles. The van der Waals surface area contributed by atoms with Gasteiger partial charge in [0, 0.05) is 24.7 Å². The third-order valence-corrected chi connectivity index (χ3v) is 2.77. The van der Waals surface area contributed by atoms with Gasteiger partial charge < -0.3 is 0 Å². The monoisotopic (exact) mass is 271 g/mol. The van der Waals surface area contributed by atoms with Gasteiger partial charge in [0.15, 0.2) is 0 Å². The van der Waals surface area contributed by atoms with Crippen LogP contribution in [0.5, 0.6) is 0 Å². The molecule has 0 spiro atoms. The van der Waals surface area contributed by atoms with Gasteiger partial charge in [-0.2, -0.15) is 0 Å². The molecule has 0 aliphatic carbocycles. The summed E-state index contributed by atoms with van der Waals surface area (Å²) in [6, 6.07) is 0. The Kier molecular flexibility index (Phi) is 13.4. The lowest BCUT2D eigenvalue weighted by Crippen LogP contribution is -1.80. The molecule has 0 rings (SSSR count). The normalized spacial score (nSPS) is 9.40. The standard InChI is InChI=1S/C13H22BrN/c1-15-13-11-9-7-5-3-2-4-6-8-10-12-14/h1-6,8,10-13H2. The fourth-order valence-electron chi connectivity index (χ4n) is 1.33. The topological polar surface area (TPSA) is 12.4 Å². The van der Waals surface area contributed by atoms with Crippen molar-refractivity contribution in [3.63, 3.8) is 0 Å². The van der Waals surface area contributed by atoms with Gasteiger partial charge in [0.25, 0.3) is 0 Å². The fraction of sp³-hybridized carbons (Fsp3) is 0.769. The fourth-order valence-corrected chi connectivity index (χ4v) is 1.72. The van der Waals surface area contributed by atoms with Crippen LogP contribution in [0.2, 0.25) is 0 Å². The maximum Gasteiger partial charge on any atom is 0.0491 e. The van der Waals surface area contributed by atoms with E-state index >= 15 is 0 Å². The van der Waals surface area contributed by atoms with Crippen LogP contribution in [0.1, 0.15) is 51.4 Å². The van der Waals surface area contributed by atoms with Gasteiger partial charge in [0.2, 0.25) is 0 Å². The van der Waals surface area contributed by atoms with E-state index in [1.807, 2.05) is 0 Å². The van der Waals surface area contributed by atoms with Crippen LogP contribution in [0, 0.1) is 11.8 Å². The van der Waals surface area contributed by atoms with Crippen molar-refractivity contribution in [1.82, 2.24) is 0 Å². The number of hydrogen-bond acceptors (Lipinski definition) is 1. The molecule has 0 atom stereocenters. The molecule has 0 fully saturated rings. The maximum absolute atomic E-state index is 3.76. The van der Waals surface area contributed by atoms with Gasteiger partial charge in [0.1, 0.15) is 0 Å². The molecular weight excluding hydrogens is 250 g/mol. The largest absolute Gasteiger partial charge is 0.300 e. The predicted octanol–water partition coefficient (Wildman–Crippen LogP) is 4.21. The van der Waals surface area contributed by atoms with Crippen molar-refractivity contribution in [2.75, 3.05) is 11.9 Å². The summed E-state index contributed by atoms with van der Waals surface area (Å²) in [5.74, 6) is 6.28. The first-order valence-corrected chi connectivity index (χ1v) is 6.98. The summed E-state index contributed by atoms with van der Waals surface area (Å²) in [4.78, 5) is 3.76. The molecule has 0 amide bonds. The van der Waals surface area contributed by atoms with Gasteiger partial charge in [-0.25, -0.2) is 0 Å². The molecule has 0 aliphatic rings. The van der Waals surface area contributed by atoms with E-state index in [2.05, 4.69) is 39.5 Å². The quantitative estimate of drug-likeness (QED) is 0.258. The van der Waals surface area contributed by atoms with Crippen molar-refractivity contribution in [2.24, 2.45) is 4.99 Å². The first-order chi connectivity index (χ1) is 7.41. The van der Waals surface area contributed by atoms with Gasteiger partial charge in [-0.15, -0.1) is 11.8 Å². The zero-order valence-corrected chi connectivity index (χ0v) is 11.2. The first kappa shape index (κ1) is 14.7. The van der Waals surface area contributed by atoms with Crippen molar-refractivity contribution >= 4 is 22.6 Å². The van der Waals surface area contributed by atoms with Crippen molar-refractivity contribution in [1.29, 1.82) is 0 Å². The summed E-state index contributed by atoms with van der Waals surface area (Å²) in [5, 5.41) is 1.15. The number of aliphatic imine (C=N–C) groups is 1. The highest BCUT2D eigenvalue weighted by atomic mass is 79.9. The number of halogens is 1. The first-order valence-electron chi connectivity index (χ1n) is 5.86. The third-order valence-electron chi connectivity index (χ3n) is 2.21. The lowest BCUT2D eigenvalue weighted by atomic mass is 10.1. The number of nitrogens with zero attached hydrogens (tertiary/aromatic N) is 1. The van der Waals surface area contributed by atoms with Crippen molar-refractivity contribution in [3.8, 4) is 11.8 Å². The molecule has 0 unspecified atom stereocenters. The Balaban J connectivity index is 3.02. The van der Waals surface area contributed by atoms with Crippen LogP contribution < -0.4 is 0 Å². The maximum atomic E-state index is 3.76. The Morgan fingerprint density at radius 3 is 2.13 bits per heavy atom. The summed E-state index contributed by atoms with van der Waals surface area (Å²) in [5.41, 5.74) is 0. The Morgan fingerprint density at radius 2 is 1.47 bits per heavy atom. The zero-order valence-electron chi connectivity index (χ0n) is 9.60. The molecule has 2 heteroatoms. The lowest BCUT2D eigenvalue weighted by Gasteiger charge is -1.97. The second kappa shape index (κ2) is 13.7. The summed E-state index contributed by atoms with van der Waals surface area (Å²) in [7, 11) is 0. The highest BCUT2D eigenvalue weighted by Gasteiger charge is 1.89. The number of hydrogen-bond donors (Lipinski definition) is 0. The van der Waals surface area contributed by atoms with Crippen molar-refractivity contribution in [2.45, 2.75) is 51.4 Å². The van der Waals surface area contributed by atoms with Crippen molar-refractivity contribution < 1.29 is 0 Å². The molecule has 0 N–H and O–H groups in total. The molecule has 0 bridgehead atoms. The van der Waals surface area contributed by atoms with Crippen LogP contribution >= 0.6 is 15.9 Å². The van der Waals surface area contributed by atoms with E-state index in [0.29, 0.717) is 0 Å². The average Bonchev–Trinajstić information content (AvgIpc) is 2.26. The minimum atomic E-state index is 0.777. The molecular formula is C13H22BrN. The molecule has 0 radical (unpaired) electrons. The Hall–Kier alpha value is -0.290. The molecule has 86 valence electrons. The van der Waals surface area contributed by atoms with Gasteiger partial charge in [-0.1, -0.05) is 41.6 Å². The SMILES string of the molecule is C=NCCC#CCCCCCCCCBr. The van der Waals surface area contributed by atoms with E-state index in [0.717, 1.165) is 24.7 Å². The van der Waals surface area contributed by atoms with Gasteiger partial charge in [0.05, 0.1) is 0 Å². The second-order valence-corrected chi connectivity index (χ2v) is 4.40. The van der Waals surface area contributed by atoms with E-state index in [9.17, 15) is 0 Å². The Labute approximate surface area is 103 Å². The lowest BCUT2D eigenvalue weighted by molar-refractivity contribution is 0.616. The average molecular weight is 272 g/mol. The molecule has 0 aromatic carbocycles. The van der Waals surface area contributed by atoms with Crippen LogP contribution in [-0.2, 0) is 0 Å². The summed E-state index contributed by atoms with van der Waals surface area (Å²) >= 11 is 3.44. The van der Waals surface area contributed by atoms with Gasteiger partial charge in [-0.3, -0.25) is 4.99 Å². The third kappa shape index (κ3) is 13.7. The number of alkyl halides is 1. The predicted molar refractivity (Wildman–Crippen MR) is 72.9 cm³/mol. The van der Waals surface area contributed by atoms with Crippen LogP contribution in [0.4, 0.5) is 0 Å². The number of rotatable bonds is 9. The molecule has 15 heavy (non-hydrogen) atoms. The van der Waals surface area contributed by atoms with Crippen LogP contribution in [-0.4, -0.2) is 18.6 Å². The zero-order chi connectivity index (χ0) is 11.2. The molecule has 0 aliphatic heterocycles. The molecule has 0 aromatic rings. The smallest absolute Gasteiger partial charge is 0.0491 e. The summed E-state index contributed by atoms with van der Waals surface area (Å²) in [6.45, 7) is 4.20. The minimum Gasteiger partial charge on any atom is -0.300 e. The minimum absolute atomic E-state index is 0.777. The molecule has 0 saturated carbocycles. The van der Waals surface area contributed by atoms with Gasteiger partial charge in [-0.05, 0) is 19.6 Å². The number of unbranched alkanes of at least 4 members (excludes halogenated alkanes) is 6. The van der Waals surface area contributed by atoms with E-state index in [4.69, 9.17) is 0 Å².